The Morgan fingerprint density at radius 3 is 2.75 bits per heavy atom. The fourth-order valence-electron chi connectivity index (χ4n) is 1.44. The fraction of sp³-hybridized carbons (Fsp3) is 0.600. The van der Waals surface area contributed by atoms with E-state index in [1.54, 1.807) is 6.26 Å². The highest BCUT2D eigenvalue weighted by atomic mass is 16.3. The molecule has 1 unspecified atom stereocenters. The second-order valence-electron chi connectivity index (χ2n) is 3.10. The van der Waals surface area contributed by atoms with E-state index < -0.39 is 0 Å². The first-order chi connectivity index (χ1) is 5.79. The largest absolute Gasteiger partial charge is 0.467 e. The summed E-state index contributed by atoms with van der Waals surface area (Å²) in [6.45, 7) is 4.27. The van der Waals surface area contributed by atoms with E-state index in [4.69, 9.17) is 4.42 Å². The SMILES string of the molecule is CCCC(NC)c1occc1C. The van der Waals surface area contributed by atoms with Gasteiger partial charge in [-0.2, -0.15) is 0 Å². The summed E-state index contributed by atoms with van der Waals surface area (Å²) in [7, 11) is 1.97. The van der Waals surface area contributed by atoms with Crippen molar-refractivity contribution in [3.8, 4) is 0 Å². The Morgan fingerprint density at radius 1 is 1.58 bits per heavy atom. The highest BCUT2D eigenvalue weighted by molar-refractivity contribution is 5.17. The first-order valence-corrected chi connectivity index (χ1v) is 4.50. The summed E-state index contributed by atoms with van der Waals surface area (Å²) in [5.41, 5.74) is 1.24. The van der Waals surface area contributed by atoms with Crippen molar-refractivity contribution >= 4 is 0 Å². The summed E-state index contributed by atoms with van der Waals surface area (Å²) >= 11 is 0. The van der Waals surface area contributed by atoms with Crippen molar-refractivity contribution in [3.63, 3.8) is 0 Å². The molecule has 0 saturated carbocycles. The normalized spacial score (nSPS) is 13.2. The molecule has 68 valence electrons. The Balaban J connectivity index is 2.72. The van der Waals surface area contributed by atoms with Crippen LogP contribution in [0.3, 0.4) is 0 Å². The van der Waals surface area contributed by atoms with Crippen molar-refractivity contribution in [3.05, 3.63) is 23.7 Å². The number of nitrogens with one attached hydrogen (secondary N) is 1. The van der Waals surface area contributed by atoms with Crippen LogP contribution in [0.5, 0.6) is 0 Å². The van der Waals surface area contributed by atoms with Crippen molar-refractivity contribution in [2.75, 3.05) is 7.05 Å². The smallest absolute Gasteiger partial charge is 0.123 e. The number of hydrogen-bond donors (Lipinski definition) is 1. The maximum absolute atomic E-state index is 5.41. The van der Waals surface area contributed by atoms with Crippen LogP contribution in [0.25, 0.3) is 0 Å². The molecule has 0 fully saturated rings. The lowest BCUT2D eigenvalue weighted by Gasteiger charge is -2.12. The summed E-state index contributed by atoms with van der Waals surface area (Å²) in [5.74, 6) is 1.08. The van der Waals surface area contributed by atoms with E-state index >= 15 is 0 Å². The van der Waals surface area contributed by atoms with Gasteiger partial charge in [-0.1, -0.05) is 13.3 Å². The van der Waals surface area contributed by atoms with Gasteiger partial charge < -0.3 is 9.73 Å². The molecular formula is C10H17NO. The zero-order valence-electron chi connectivity index (χ0n) is 8.05. The van der Waals surface area contributed by atoms with Crippen molar-refractivity contribution in [1.29, 1.82) is 0 Å². The summed E-state index contributed by atoms with van der Waals surface area (Å²) in [4.78, 5) is 0. The van der Waals surface area contributed by atoms with Crippen LogP contribution in [-0.4, -0.2) is 7.05 Å². The van der Waals surface area contributed by atoms with Crippen molar-refractivity contribution in [1.82, 2.24) is 5.32 Å². The Bertz CT molecular complexity index is 229. The Morgan fingerprint density at radius 2 is 2.33 bits per heavy atom. The Kier molecular flexibility index (Phi) is 3.35. The van der Waals surface area contributed by atoms with E-state index in [-0.39, 0.29) is 0 Å². The summed E-state index contributed by atoms with van der Waals surface area (Å²) in [5, 5.41) is 3.25. The van der Waals surface area contributed by atoms with Gasteiger partial charge in [0.1, 0.15) is 5.76 Å². The molecule has 0 aliphatic carbocycles. The fourth-order valence-corrected chi connectivity index (χ4v) is 1.44. The third kappa shape index (κ3) is 1.89. The highest BCUT2D eigenvalue weighted by Crippen LogP contribution is 2.21. The average molecular weight is 167 g/mol. The molecule has 1 aromatic heterocycles. The van der Waals surface area contributed by atoms with Crippen molar-refractivity contribution < 1.29 is 4.42 Å². The van der Waals surface area contributed by atoms with Gasteiger partial charge in [0.05, 0.1) is 12.3 Å². The molecule has 2 heteroatoms. The second-order valence-corrected chi connectivity index (χ2v) is 3.10. The molecule has 1 heterocycles. The lowest BCUT2D eigenvalue weighted by atomic mass is 10.1. The van der Waals surface area contributed by atoms with Crippen LogP contribution in [0.15, 0.2) is 16.7 Å². The van der Waals surface area contributed by atoms with Gasteiger partial charge in [-0.15, -0.1) is 0 Å². The van der Waals surface area contributed by atoms with E-state index in [0.29, 0.717) is 6.04 Å². The molecule has 2 nitrogen and oxygen atoms in total. The molecule has 0 saturated heterocycles. The molecule has 1 N–H and O–H groups in total. The topological polar surface area (TPSA) is 25.2 Å². The molecule has 0 bridgehead atoms. The molecule has 0 aromatic carbocycles. The molecule has 0 radical (unpaired) electrons. The van der Waals surface area contributed by atoms with Crippen molar-refractivity contribution in [2.45, 2.75) is 32.7 Å². The minimum atomic E-state index is 0.380. The van der Waals surface area contributed by atoms with Gasteiger partial charge in [-0.3, -0.25) is 0 Å². The number of aryl methyl sites for hydroxylation is 1. The molecule has 1 atom stereocenters. The van der Waals surface area contributed by atoms with Crippen LogP contribution in [0.1, 0.15) is 37.1 Å². The quantitative estimate of drug-likeness (QED) is 0.745. The van der Waals surface area contributed by atoms with Gasteiger partial charge in [0.25, 0.3) is 0 Å². The summed E-state index contributed by atoms with van der Waals surface area (Å²) in [6, 6.07) is 2.39. The monoisotopic (exact) mass is 167 g/mol. The van der Waals surface area contributed by atoms with E-state index in [1.807, 2.05) is 13.1 Å². The minimum Gasteiger partial charge on any atom is -0.467 e. The maximum Gasteiger partial charge on any atom is 0.123 e. The third-order valence-electron chi connectivity index (χ3n) is 2.14. The minimum absolute atomic E-state index is 0.380. The average Bonchev–Trinajstić information content (AvgIpc) is 2.47. The molecule has 0 aliphatic heterocycles. The molecular weight excluding hydrogens is 150 g/mol. The Hall–Kier alpha value is -0.760. The molecule has 0 aliphatic rings. The van der Waals surface area contributed by atoms with E-state index in [1.165, 1.54) is 12.0 Å². The van der Waals surface area contributed by atoms with Gasteiger partial charge in [0, 0.05) is 0 Å². The lowest BCUT2D eigenvalue weighted by molar-refractivity contribution is 0.409. The lowest BCUT2D eigenvalue weighted by Crippen LogP contribution is -2.16. The van der Waals surface area contributed by atoms with Gasteiger partial charge in [-0.25, -0.2) is 0 Å². The first-order valence-electron chi connectivity index (χ1n) is 4.50. The second kappa shape index (κ2) is 4.31. The maximum atomic E-state index is 5.41. The molecule has 0 amide bonds. The van der Waals surface area contributed by atoms with Crippen LogP contribution < -0.4 is 5.32 Å². The number of hydrogen-bond acceptors (Lipinski definition) is 2. The van der Waals surface area contributed by atoms with Crippen LogP contribution >= 0.6 is 0 Å². The third-order valence-corrected chi connectivity index (χ3v) is 2.14. The van der Waals surface area contributed by atoms with Gasteiger partial charge >= 0.3 is 0 Å². The Labute approximate surface area is 74.0 Å². The summed E-state index contributed by atoms with van der Waals surface area (Å²) < 4.78 is 5.41. The predicted molar refractivity (Wildman–Crippen MR) is 50.2 cm³/mol. The van der Waals surface area contributed by atoms with E-state index in [2.05, 4.69) is 19.2 Å². The molecule has 12 heavy (non-hydrogen) atoms. The molecule has 1 aromatic rings. The summed E-state index contributed by atoms with van der Waals surface area (Å²) in [6.07, 6.45) is 4.06. The zero-order chi connectivity index (χ0) is 8.97. The zero-order valence-corrected chi connectivity index (χ0v) is 8.05. The van der Waals surface area contributed by atoms with Crippen LogP contribution in [0, 0.1) is 6.92 Å². The first kappa shape index (κ1) is 9.33. The van der Waals surface area contributed by atoms with Gasteiger partial charge in [0.2, 0.25) is 0 Å². The van der Waals surface area contributed by atoms with Crippen LogP contribution in [0.4, 0.5) is 0 Å². The highest BCUT2D eigenvalue weighted by Gasteiger charge is 2.13. The molecule has 0 spiro atoms. The van der Waals surface area contributed by atoms with Crippen LogP contribution in [0.2, 0.25) is 0 Å². The predicted octanol–water partition coefficient (Wildman–Crippen LogP) is 2.65. The van der Waals surface area contributed by atoms with Gasteiger partial charge in [-0.05, 0) is 32.0 Å². The van der Waals surface area contributed by atoms with E-state index in [9.17, 15) is 0 Å². The number of furan rings is 1. The van der Waals surface area contributed by atoms with E-state index in [0.717, 1.165) is 12.2 Å². The van der Waals surface area contributed by atoms with Crippen LogP contribution in [-0.2, 0) is 0 Å². The molecule has 1 rings (SSSR count). The van der Waals surface area contributed by atoms with Gasteiger partial charge in [0.15, 0.2) is 0 Å². The standard InChI is InChI=1S/C10H17NO/c1-4-5-9(11-3)10-8(2)6-7-12-10/h6-7,9,11H,4-5H2,1-3H3. The van der Waals surface area contributed by atoms with Crippen molar-refractivity contribution in [2.24, 2.45) is 0 Å². The number of rotatable bonds is 4.